The van der Waals surface area contributed by atoms with E-state index < -0.39 is 26.5 Å². The molecule has 3 N–H and O–H groups in total. The number of nitrogen functional groups attached to an aromatic ring is 1. The van der Waals surface area contributed by atoms with Crippen molar-refractivity contribution in [3.05, 3.63) is 26.7 Å². The molecule has 1 amide bonds. The summed E-state index contributed by atoms with van der Waals surface area (Å²) in [5.41, 5.74) is 4.82. The Bertz CT molecular complexity index is 781. The maximum atomic E-state index is 12.4. The third-order valence-corrected chi connectivity index (χ3v) is 6.41. The van der Waals surface area contributed by atoms with E-state index in [2.05, 4.69) is 15.9 Å². The highest BCUT2D eigenvalue weighted by molar-refractivity contribution is 9.10. The van der Waals surface area contributed by atoms with E-state index in [0.717, 1.165) is 25.0 Å². The Labute approximate surface area is 148 Å². The van der Waals surface area contributed by atoms with Crippen LogP contribution in [0.4, 0.5) is 11.4 Å². The molecule has 0 bridgehead atoms. The number of halogens is 1. The van der Waals surface area contributed by atoms with Crippen LogP contribution in [0.1, 0.15) is 32.6 Å². The number of carbonyl (C=O) groups excluding carboxylic acids is 1. The zero-order chi connectivity index (χ0) is 18.1. The van der Waals surface area contributed by atoms with Crippen LogP contribution in [-0.4, -0.2) is 19.2 Å². The second-order valence-corrected chi connectivity index (χ2v) is 8.54. The van der Waals surface area contributed by atoms with Gasteiger partial charge in [0.25, 0.3) is 15.7 Å². The first-order valence-corrected chi connectivity index (χ1v) is 9.69. The lowest BCUT2D eigenvalue weighted by Crippen LogP contribution is -2.37. The van der Waals surface area contributed by atoms with Crippen LogP contribution in [-0.2, 0) is 14.8 Å². The molecule has 2 atom stereocenters. The van der Waals surface area contributed by atoms with E-state index in [1.807, 2.05) is 11.6 Å². The average Bonchev–Trinajstić information content (AvgIpc) is 2.45. The molecule has 2 rings (SSSR count). The Hall–Kier alpha value is -1.68. The Morgan fingerprint density at radius 1 is 1.42 bits per heavy atom. The molecule has 0 heterocycles. The molecule has 0 saturated heterocycles. The van der Waals surface area contributed by atoms with Gasteiger partial charge in [-0.1, -0.05) is 19.8 Å². The first-order valence-electron chi connectivity index (χ1n) is 7.42. The van der Waals surface area contributed by atoms with Crippen molar-refractivity contribution < 1.29 is 18.1 Å². The summed E-state index contributed by atoms with van der Waals surface area (Å²) in [6, 6.07) is 1.98. The molecule has 0 aliphatic heterocycles. The number of nitro benzene ring substituents is 1. The molecule has 0 spiro atoms. The molecule has 1 aliphatic rings. The highest BCUT2D eigenvalue weighted by Crippen LogP contribution is 2.33. The largest absolute Gasteiger partial charge is 0.393 e. The van der Waals surface area contributed by atoms with Gasteiger partial charge in [0.1, 0.15) is 10.6 Å². The summed E-state index contributed by atoms with van der Waals surface area (Å²) in [5.74, 6) is -0.583. The molecule has 24 heavy (non-hydrogen) atoms. The number of nitrogens with two attached hydrogens (primary N) is 1. The van der Waals surface area contributed by atoms with Gasteiger partial charge in [-0.2, -0.15) is 0 Å². The molecule has 132 valence electrons. The minimum Gasteiger partial charge on any atom is -0.393 e. The van der Waals surface area contributed by atoms with E-state index in [1.165, 1.54) is 0 Å². The summed E-state index contributed by atoms with van der Waals surface area (Å²) < 4.78 is 27.0. The van der Waals surface area contributed by atoms with Crippen LogP contribution >= 0.6 is 15.9 Å². The quantitative estimate of drug-likeness (QED) is 0.437. The second kappa shape index (κ2) is 7.06. The topological polar surface area (TPSA) is 132 Å². The number of anilines is 1. The third-order valence-electron chi connectivity index (χ3n) is 4.11. The summed E-state index contributed by atoms with van der Waals surface area (Å²) in [4.78, 5) is 22.1. The number of rotatable bonds is 4. The molecule has 1 fully saturated rings. The number of benzene rings is 1. The van der Waals surface area contributed by atoms with Gasteiger partial charge in [-0.15, -0.1) is 0 Å². The van der Waals surface area contributed by atoms with Gasteiger partial charge in [-0.25, -0.2) is 13.1 Å². The minimum atomic E-state index is -4.24. The van der Waals surface area contributed by atoms with E-state index in [1.54, 1.807) is 0 Å². The summed E-state index contributed by atoms with van der Waals surface area (Å²) >= 11 is 3.03. The maximum Gasteiger partial charge on any atom is 0.293 e. The fraction of sp³-hybridized carbons (Fsp3) is 0.500. The molecule has 1 aliphatic carbocycles. The van der Waals surface area contributed by atoms with Gasteiger partial charge in [-0.3, -0.25) is 14.9 Å². The first-order chi connectivity index (χ1) is 11.1. The molecule has 1 aromatic rings. The van der Waals surface area contributed by atoms with E-state index >= 15 is 0 Å². The van der Waals surface area contributed by atoms with Crippen LogP contribution in [0.5, 0.6) is 0 Å². The molecule has 1 saturated carbocycles. The Kier molecular flexibility index (Phi) is 5.49. The van der Waals surface area contributed by atoms with Crippen molar-refractivity contribution in [3.63, 3.8) is 0 Å². The predicted octanol–water partition coefficient (Wildman–Crippen LogP) is 2.57. The molecule has 10 heteroatoms. The lowest BCUT2D eigenvalue weighted by Gasteiger charge is -2.25. The van der Waals surface area contributed by atoms with Gasteiger partial charge < -0.3 is 5.73 Å². The van der Waals surface area contributed by atoms with E-state index in [4.69, 9.17) is 5.73 Å². The lowest BCUT2D eigenvalue weighted by molar-refractivity contribution is -0.384. The van der Waals surface area contributed by atoms with Crippen LogP contribution in [0.25, 0.3) is 0 Å². The number of nitrogens with zero attached hydrogens (tertiary/aromatic N) is 1. The van der Waals surface area contributed by atoms with Gasteiger partial charge in [0.05, 0.1) is 4.92 Å². The number of nitrogens with one attached hydrogen (secondary N) is 1. The molecule has 0 radical (unpaired) electrons. The fourth-order valence-electron chi connectivity index (χ4n) is 2.87. The van der Waals surface area contributed by atoms with Gasteiger partial charge in [0, 0.05) is 16.5 Å². The van der Waals surface area contributed by atoms with E-state index in [0.29, 0.717) is 18.8 Å². The first kappa shape index (κ1) is 18.7. The minimum absolute atomic E-state index is 0.0583. The molecule has 8 nitrogen and oxygen atoms in total. The Morgan fingerprint density at radius 2 is 2.08 bits per heavy atom. The smallest absolute Gasteiger partial charge is 0.293 e. The normalized spacial score (nSPS) is 21.2. The maximum absolute atomic E-state index is 12.4. The zero-order valence-electron chi connectivity index (χ0n) is 13.0. The van der Waals surface area contributed by atoms with E-state index in [9.17, 15) is 23.3 Å². The Morgan fingerprint density at radius 3 is 2.67 bits per heavy atom. The molecular formula is C14H18BrN3O5S. The van der Waals surface area contributed by atoms with Gasteiger partial charge in [-0.05, 0) is 40.8 Å². The zero-order valence-corrected chi connectivity index (χ0v) is 15.4. The summed E-state index contributed by atoms with van der Waals surface area (Å²) in [5, 5.41) is 10.9. The van der Waals surface area contributed by atoms with Crippen LogP contribution in [0.15, 0.2) is 21.5 Å². The predicted molar refractivity (Wildman–Crippen MR) is 91.7 cm³/mol. The van der Waals surface area contributed by atoms with E-state index in [-0.39, 0.29) is 21.0 Å². The number of nitro groups is 1. The van der Waals surface area contributed by atoms with Crippen molar-refractivity contribution in [1.82, 2.24) is 4.72 Å². The molecule has 0 unspecified atom stereocenters. The van der Waals surface area contributed by atoms with Crippen molar-refractivity contribution >= 4 is 43.2 Å². The number of carbonyl (C=O) groups is 1. The number of amides is 1. The fourth-order valence-corrected chi connectivity index (χ4v) is 4.99. The van der Waals surface area contributed by atoms with Gasteiger partial charge in [0.2, 0.25) is 5.91 Å². The second-order valence-electron chi connectivity index (χ2n) is 6.04. The summed E-state index contributed by atoms with van der Waals surface area (Å²) in [6.45, 7) is 2.02. The number of hydrogen-bond donors (Lipinski definition) is 2. The lowest BCUT2D eigenvalue weighted by atomic mass is 9.82. The van der Waals surface area contributed by atoms with Crippen LogP contribution in [0.2, 0.25) is 0 Å². The molecule has 1 aromatic carbocycles. The molecule has 0 aromatic heterocycles. The number of sulfonamides is 1. The van der Waals surface area contributed by atoms with Crippen molar-refractivity contribution in [2.75, 3.05) is 5.73 Å². The average molecular weight is 420 g/mol. The van der Waals surface area contributed by atoms with Crippen molar-refractivity contribution in [3.8, 4) is 0 Å². The third kappa shape index (κ3) is 4.04. The van der Waals surface area contributed by atoms with Crippen LogP contribution in [0, 0.1) is 22.0 Å². The standard InChI is InChI=1S/C14H18BrN3O5S/c1-8-3-2-4-9(5-8)14(19)17-24(22,23)13-7-12(18(20)21)11(16)6-10(13)15/h6-9H,2-5,16H2,1H3,(H,17,19)/t8-,9+/m1/s1. The number of hydrogen-bond acceptors (Lipinski definition) is 6. The summed E-state index contributed by atoms with van der Waals surface area (Å²) in [6.07, 6.45) is 3.15. The SMILES string of the molecule is C[C@@H]1CCC[C@H](C(=O)NS(=O)(=O)c2cc([N+](=O)[O-])c(N)cc2Br)C1. The highest BCUT2D eigenvalue weighted by atomic mass is 79.9. The van der Waals surface area contributed by atoms with Crippen molar-refractivity contribution in [2.24, 2.45) is 11.8 Å². The highest BCUT2D eigenvalue weighted by Gasteiger charge is 2.30. The monoisotopic (exact) mass is 419 g/mol. The van der Waals surface area contributed by atoms with Crippen molar-refractivity contribution in [1.29, 1.82) is 0 Å². The van der Waals surface area contributed by atoms with Gasteiger partial charge in [0.15, 0.2) is 0 Å². The Balaban J connectivity index is 2.29. The summed E-state index contributed by atoms with van der Waals surface area (Å²) in [7, 11) is -4.24. The van der Waals surface area contributed by atoms with Crippen LogP contribution in [0.3, 0.4) is 0 Å². The van der Waals surface area contributed by atoms with Crippen molar-refractivity contribution in [2.45, 2.75) is 37.5 Å². The van der Waals surface area contributed by atoms with Gasteiger partial charge >= 0.3 is 0 Å². The van der Waals surface area contributed by atoms with Crippen LogP contribution < -0.4 is 10.5 Å². The molecular weight excluding hydrogens is 402 g/mol.